The molecule has 0 aromatic rings. The number of aliphatic imine (C=N–C) groups is 1. The fraction of sp³-hybridized carbons (Fsp3) is 0.950. The van der Waals surface area contributed by atoms with Crippen LogP contribution in [-0.2, 0) is 4.74 Å². The van der Waals surface area contributed by atoms with Crippen LogP contribution in [0.25, 0.3) is 0 Å². The van der Waals surface area contributed by atoms with Crippen molar-refractivity contribution in [2.24, 2.45) is 15.8 Å². The lowest BCUT2D eigenvalue weighted by atomic mass is 9.67. The molecule has 0 amide bonds. The second-order valence-corrected chi connectivity index (χ2v) is 8.18. The number of nitrogens with one attached hydrogen (secondary N) is 2. The average Bonchev–Trinajstić information content (AvgIpc) is 2.59. The van der Waals surface area contributed by atoms with Crippen molar-refractivity contribution in [3.63, 3.8) is 0 Å². The van der Waals surface area contributed by atoms with Crippen LogP contribution in [0.4, 0.5) is 0 Å². The van der Waals surface area contributed by atoms with Gasteiger partial charge < -0.3 is 20.5 Å². The molecule has 0 atom stereocenters. The Balaban J connectivity index is 1.92. The van der Waals surface area contributed by atoms with Crippen LogP contribution in [0.2, 0.25) is 0 Å². The molecule has 2 aliphatic carbocycles. The summed E-state index contributed by atoms with van der Waals surface area (Å²) in [4.78, 5) is 4.92. The molecule has 2 rings (SSSR count). The fourth-order valence-corrected chi connectivity index (χ4v) is 4.40. The zero-order chi connectivity index (χ0) is 18.0. The van der Waals surface area contributed by atoms with E-state index >= 15 is 0 Å². The van der Waals surface area contributed by atoms with Gasteiger partial charge in [0.2, 0.25) is 0 Å². The summed E-state index contributed by atoms with van der Waals surface area (Å²) in [5.41, 5.74) is 0.597. The monoisotopic (exact) mass is 353 g/mol. The van der Waals surface area contributed by atoms with Gasteiger partial charge in [-0.05, 0) is 56.3 Å². The molecular formula is C20H39N3O2. The molecule has 25 heavy (non-hydrogen) atoms. The summed E-state index contributed by atoms with van der Waals surface area (Å²) in [6.45, 7) is 5.92. The Bertz CT molecular complexity index is 396. The molecule has 0 aromatic carbocycles. The van der Waals surface area contributed by atoms with Gasteiger partial charge in [-0.25, -0.2) is 0 Å². The molecule has 0 spiro atoms. The van der Waals surface area contributed by atoms with Crippen LogP contribution in [-0.4, -0.2) is 51.0 Å². The van der Waals surface area contributed by atoms with E-state index in [4.69, 9.17) is 9.73 Å². The SMILES string of the molecule is CCNC(=NCC1(CCO)CCCCC1)NCC1(CCOC)CCC1. The van der Waals surface area contributed by atoms with Crippen LogP contribution in [0.3, 0.4) is 0 Å². The van der Waals surface area contributed by atoms with Gasteiger partial charge >= 0.3 is 0 Å². The van der Waals surface area contributed by atoms with Gasteiger partial charge in [-0.1, -0.05) is 25.7 Å². The van der Waals surface area contributed by atoms with Crippen LogP contribution in [0.1, 0.15) is 71.1 Å². The zero-order valence-corrected chi connectivity index (χ0v) is 16.4. The highest BCUT2D eigenvalue weighted by molar-refractivity contribution is 5.79. The number of guanidine groups is 1. The van der Waals surface area contributed by atoms with Crippen LogP contribution in [0, 0.1) is 10.8 Å². The first-order chi connectivity index (χ1) is 12.2. The number of aliphatic hydroxyl groups is 1. The molecular weight excluding hydrogens is 314 g/mol. The van der Waals surface area contributed by atoms with Crippen molar-refractivity contribution in [3.05, 3.63) is 0 Å². The standard InChI is InChI=1S/C20H39N3O2/c1-3-21-18(23-17-20(10-7-11-20)13-15-25-2)22-16-19(12-14-24)8-5-4-6-9-19/h24H,3-17H2,1-2H3,(H2,21,22,23). The van der Waals surface area contributed by atoms with Crippen molar-refractivity contribution in [3.8, 4) is 0 Å². The van der Waals surface area contributed by atoms with E-state index in [0.29, 0.717) is 5.41 Å². The highest BCUT2D eigenvalue weighted by Crippen LogP contribution is 2.43. The maximum Gasteiger partial charge on any atom is 0.191 e. The highest BCUT2D eigenvalue weighted by atomic mass is 16.5. The van der Waals surface area contributed by atoms with Gasteiger partial charge in [-0.3, -0.25) is 4.99 Å². The molecule has 0 radical (unpaired) electrons. The third-order valence-electron chi connectivity index (χ3n) is 6.35. The molecule has 5 heteroatoms. The van der Waals surface area contributed by atoms with E-state index in [-0.39, 0.29) is 12.0 Å². The number of nitrogens with zero attached hydrogens (tertiary/aromatic N) is 1. The average molecular weight is 354 g/mol. The number of methoxy groups -OCH3 is 1. The molecule has 0 aromatic heterocycles. The smallest absolute Gasteiger partial charge is 0.191 e. The van der Waals surface area contributed by atoms with E-state index in [2.05, 4.69) is 17.6 Å². The van der Waals surface area contributed by atoms with Crippen molar-refractivity contribution >= 4 is 5.96 Å². The summed E-state index contributed by atoms with van der Waals surface area (Å²) >= 11 is 0. The third-order valence-corrected chi connectivity index (χ3v) is 6.35. The molecule has 0 heterocycles. The lowest BCUT2D eigenvalue weighted by molar-refractivity contribution is 0.0732. The first-order valence-electron chi connectivity index (χ1n) is 10.3. The molecule has 5 nitrogen and oxygen atoms in total. The number of hydrogen-bond acceptors (Lipinski definition) is 3. The molecule has 0 bridgehead atoms. The van der Waals surface area contributed by atoms with Gasteiger partial charge in [-0.15, -0.1) is 0 Å². The Morgan fingerprint density at radius 2 is 1.72 bits per heavy atom. The number of aliphatic hydroxyl groups excluding tert-OH is 1. The van der Waals surface area contributed by atoms with Crippen LogP contribution >= 0.6 is 0 Å². The van der Waals surface area contributed by atoms with Gasteiger partial charge in [0.1, 0.15) is 0 Å². The normalized spacial score (nSPS) is 22.3. The quantitative estimate of drug-likeness (QED) is 0.417. The van der Waals surface area contributed by atoms with E-state index < -0.39 is 0 Å². The predicted octanol–water partition coefficient (Wildman–Crippen LogP) is 3.08. The summed E-state index contributed by atoms with van der Waals surface area (Å²) in [5, 5.41) is 16.5. The zero-order valence-electron chi connectivity index (χ0n) is 16.4. The van der Waals surface area contributed by atoms with E-state index in [0.717, 1.165) is 45.0 Å². The van der Waals surface area contributed by atoms with Crippen molar-refractivity contribution < 1.29 is 9.84 Å². The summed E-state index contributed by atoms with van der Waals surface area (Å²) in [5.74, 6) is 0.939. The minimum atomic E-state index is 0.208. The van der Waals surface area contributed by atoms with Gasteiger partial charge in [0.05, 0.1) is 0 Å². The van der Waals surface area contributed by atoms with Crippen molar-refractivity contribution in [2.75, 3.05) is 40.0 Å². The predicted molar refractivity (Wildman–Crippen MR) is 104 cm³/mol. The van der Waals surface area contributed by atoms with E-state index in [9.17, 15) is 5.11 Å². The Hall–Kier alpha value is -0.810. The van der Waals surface area contributed by atoms with Crippen LogP contribution < -0.4 is 10.6 Å². The van der Waals surface area contributed by atoms with Crippen molar-refractivity contribution in [1.82, 2.24) is 10.6 Å². The Morgan fingerprint density at radius 3 is 2.28 bits per heavy atom. The topological polar surface area (TPSA) is 65.9 Å². The first kappa shape index (κ1) is 20.5. The Kier molecular flexibility index (Phi) is 8.50. The van der Waals surface area contributed by atoms with Gasteiger partial charge in [0, 0.05) is 40.0 Å². The molecule has 2 aliphatic rings. The minimum Gasteiger partial charge on any atom is -0.396 e. The van der Waals surface area contributed by atoms with Crippen molar-refractivity contribution in [1.29, 1.82) is 0 Å². The van der Waals surface area contributed by atoms with E-state index in [1.807, 2.05) is 0 Å². The Labute approximate surface area is 154 Å². The molecule has 3 N–H and O–H groups in total. The van der Waals surface area contributed by atoms with E-state index in [1.54, 1.807) is 7.11 Å². The second kappa shape index (κ2) is 10.4. The summed E-state index contributed by atoms with van der Waals surface area (Å²) < 4.78 is 5.30. The first-order valence-corrected chi connectivity index (χ1v) is 10.3. The minimum absolute atomic E-state index is 0.208. The van der Waals surface area contributed by atoms with Crippen LogP contribution in [0.5, 0.6) is 0 Å². The molecule has 0 aliphatic heterocycles. The lowest BCUT2D eigenvalue weighted by Crippen LogP contribution is -2.47. The van der Waals surface area contributed by atoms with Gasteiger partial charge in [0.25, 0.3) is 0 Å². The Morgan fingerprint density at radius 1 is 1.00 bits per heavy atom. The number of hydrogen-bond donors (Lipinski definition) is 3. The summed E-state index contributed by atoms with van der Waals surface area (Å²) in [6, 6.07) is 0. The maximum absolute atomic E-state index is 9.49. The number of ether oxygens (including phenoxy) is 1. The van der Waals surface area contributed by atoms with Gasteiger partial charge in [-0.2, -0.15) is 0 Å². The van der Waals surface area contributed by atoms with Crippen molar-refractivity contribution in [2.45, 2.75) is 71.1 Å². The molecule has 0 unspecified atom stereocenters. The lowest BCUT2D eigenvalue weighted by Gasteiger charge is -2.42. The second-order valence-electron chi connectivity index (χ2n) is 8.18. The molecule has 0 saturated heterocycles. The maximum atomic E-state index is 9.49. The van der Waals surface area contributed by atoms with E-state index in [1.165, 1.54) is 51.4 Å². The fourth-order valence-electron chi connectivity index (χ4n) is 4.40. The van der Waals surface area contributed by atoms with Gasteiger partial charge in [0.15, 0.2) is 5.96 Å². The molecule has 146 valence electrons. The highest BCUT2D eigenvalue weighted by Gasteiger charge is 2.36. The largest absolute Gasteiger partial charge is 0.396 e. The molecule has 2 saturated carbocycles. The summed E-state index contributed by atoms with van der Waals surface area (Å²) in [6.07, 6.45) is 12.2. The third kappa shape index (κ3) is 6.14. The number of rotatable bonds is 10. The molecule has 2 fully saturated rings. The summed E-state index contributed by atoms with van der Waals surface area (Å²) in [7, 11) is 1.79. The van der Waals surface area contributed by atoms with Crippen LogP contribution in [0.15, 0.2) is 4.99 Å².